The van der Waals surface area contributed by atoms with Crippen LogP contribution in [-0.2, 0) is 0 Å². The molecule has 1 N–H and O–H groups in total. The smallest absolute Gasteiger partial charge is 0.200 e. The molecule has 0 aliphatic rings. The molecule has 0 spiro atoms. The standard InChI is InChI=1S/C15H12ClN3OS/c1-20-13-8-7-11(9-12(13)16)19-14(17-18-15(19)21)10-5-3-2-4-6-10/h2-9H,1H3,(H,18,21). The van der Waals surface area contributed by atoms with Crippen LogP contribution in [0.4, 0.5) is 0 Å². The zero-order valence-corrected chi connectivity index (χ0v) is 12.8. The highest BCUT2D eigenvalue weighted by Crippen LogP contribution is 2.29. The maximum absolute atomic E-state index is 6.19. The molecule has 6 heteroatoms. The van der Waals surface area contributed by atoms with Gasteiger partial charge in [-0.25, -0.2) is 0 Å². The molecule has 0 fully saturated rings. The summed E-state index contributed by atoms with van der Waals surface area (Å²) in [6.07, 6.45) is 0. The normalized spacial score (nSPS) is 10.6. The molecule has 106 valence electrons. The predicted molar refractivity (Wildman–Crippen MR) is 85.7 cm³/mol. The molecule has 0 aliphatic heterocycles. The zero-order valence-electron chi connectivity index (χ0n) is 11.2. The highest BCUT2D eigenvalue weighted by atomic mass is 35.5. The Hall–Kier alpha value is -2.11. The molecule has 2 aromatic carbocycles. The molecule has 4 nitrogen and oxygen atoms in total. The zero-order chi connectivity index (χ0) is 14.8. The molecule has 0 saturated carbocycles. The Morgan fingerprint density at radius 3 is 2.62 bits per heavy atom. The molecule has 0 bridgehead atoms. The number of aromatic amines is 1. The Morgan fingerprint density at radius 2 is 1.95 bits per heavy atom. The van der Waals surface area contributed by atoms with Crippen molar-refractivity contribution in [2.75, 3.05) is 7.11 Å². The van der Waals surface area contributed by atoms with E-state index in [2.05, 4.69) is 10.2 Å². The second kappa shape index (κ2) is 5.71. The summed E-state index contributed by atoms with van der Waals surface area (Å²) in [5.74, 6) is 1.36. The van der Waals surface area contributed by atoms with Gasteiger partial charge in [-0.1, -0.05) is 41.9 Å². The van der Waals surface area contributed by atoms with Crippen LogP contribution in [0, 0.1) is 4.77 Å². The summed E-state index contributed by atoms with van der Waals surface area (Å²) in [7, 11) is 1.58. The SMILES string of the molecule is COc1ccc(-n2c(-c3ccccc3)n[nH]c2=S)cc1Cl. The number of nitrogens with one attached hydrogen (secondary N) is 1. The minimum absolute atomic E-state index is 0.509. The van der Waals surface area contributed by atoms with Gasteiger partial charge in [-0.3, -0.25) is 9.67 Å². The second-order valence-corrected chi connectivity index (χ2v) is 5.17. The fraction of sp³-hybridized carbons (Fsp3) is 0.0667. The van der Waals surface area contributed by atoms with Crippen molar-refractivity contribution in [1.29, 1.82) is 0 Å². The molecule has 0 aliphatic carbocycles. The van der Waals surface area contributed by atoms with Gasteiger partial charge in [0.2, 0.25) is 0 Å². The van der Waals surface area contributed by atoms with Gasteiger partial charge < -0.3 is 4.74 Å². The van der Waals surface area contributed by atoms with Gasteiger partial charge >= 0.3 is 0 Å². The number of nitrogens with zero attached hydrogens (tertiary/aromatic N) is 2. The molecular weight excluding hydrogens is 306 g/mol. The second-order valence-electron chi connectivity index (χ2n) is 4.37. The molecule has 0 unspecified atom stereocenters. The van der Waals surface area contributed by atoms with Crippen molar-refractivity contribution in [2.45, 2.75) is 0 Å². The maximum Gasteiger partial charge on any atom is 0.200 e. The van der Waals surface area contributed by atoms with Crippen molar-refractivity contribution in [1.82, 2.24) is 14.8 Å². The first kappa shape index (κ1) is 13.9. The van der Waals surface area contributed by atoms with Gasteiger partial charge in [-0.05, 0) is 30.4 Å². The van der Waals surface area contributed by atoms with Gasteiger partial charge in [0.1, 0.15) is 5.75 Å². The van der Waals surface area contributed by atoms with Gasteiger partial charge in [-0.2, -0.15) is 5.10 Å². The van der Waals surface area contributed by atoms with E-state index in [1.165, 1.54) is 0 Å². The number of methoxy groups -OCH3 is 1. The monoisotopic (exact) mass is 317 g/mol. The van der Waals surface area contributed by atoms with Crippen LogP contribution in [0.15, 0.2) is 48.5 Å². The van der Waals surface area contributed by atoms with E-state index in [1.807, 2.05) is 41.0 Å². The Kier molecular flexibility index (Phi) is 3.77. The fourth-order valence-electron chi connectivity index (χ4n) is 2.11. The van der Waals surface area contributed by atoms with Gasteiger partial charge in [0, 0.05) is 5.56 Å². The minimum atomic E-state index is 0.509. The third kappa shape index (κ3) is 2.57. The topological polar surface area (TPSA) is 42.8 Å². The van der Waals surface area contributed by atoms with E-state index in [0.717, 1.165) is 17.1 Å². The van der Waals surface area contributed by atoms with E-state index in [9.17, 15) is 0 Å². The van der Waals surface area contributed by atoms with Crippen molar-refractivity contribution < 1.29 is 4.74 Å². The van der Waals surface area contributed by atoms with Gasteiger partial charge in [0.15, 0.2) is 10.6 Å². The minimum Gasteiger partial charge on any atom is -0.495 e. The first-order chi connectivity index (χ1) is 10.2. The molecule has 0 atom stereocenters. The largest absolute Gasteiger partial charge is 0.495 e. The first-order valence-corrected chi connectivity index (χ1v) is 7.06. The van der Waals surface area contributed by atoms with Crippen molar-refractivity contribution in [3.8, 4) is 22.8 Å². The summed E-state index contributed by atoms with van der Waals surface area (Å²) < 4.78 is 7.52. The van der Waals surface area contributed by atoms with Gasteiger partial charge in [0.25, 0.3) is 0 Å². The quantitative estimate of drug-likeness (QED) is 0.734. The average Bonchev–Trinajstić information content (AvgIpc) is 2.90. The van der Waals surface area contributed by atoms with Crippen LogP contribution >= 0.6 is 23.8 Å². The number of hydrogen-bond acceptors (Lipinski definition) is 3. The maximum atomic E-state index is 6.19. The van der Waals surface area contributed by atoms with Crippen LogP contribution in [0.1, 0.15) is 0 Å². The lowest BCUT2D eigenvalue weighted by Crippen LogP contribution is -1.98. The van der Waals surface area contributed by atoms with E-state index < -0.39 is 0 Å². The summed E-state index contributed by atoms with van der Waals surface area (Å²) in [5, 5.41) is 7.65. The van der Waals surface area contributed by atoms with E-state index in [4.69, 9.17) is 28.6 Å². The molecule has 0 radical (unpaired) electrons. The van der Waals surface area contributed by atoms with Crippen molar-refractivity contribution in [2.24, 2.45) is 0 Å². The van der Waals surface area contributed by atoms with Gasteiger partial charge in [0.05, 0.1) is 17.8 Å². The molecular formula is C15H12ClN3OS. The summed E-state index contributed by atoms with van der Waals surface area (Å²) >= 11 is 11.5. The number of rotatable bonds is 3. The summed E-state index contributed by atoms with van der Waals surface area (Å²) in [6, 6.07) is 15.3. The van der Waals surface area contributed by atoms with E-state index in [1.54, 1.807) is 19.2 Å². The van der Waals surface area contributed by atoms with Crippen LogP contribution in [0.2, 0.25) is 5.02 Å². The highest BCUT2D eigenvalue weighted by Gasteiger charge is 2.12. The van der Waals surface area contributed by atoms with Crippen molar-refractivity contribution >= 4 is 23.8 Å². The summed E-state index contributed by atoms with van der Waals surface area (Å²) in [6.45, 7) is 0. The Morgan fingerprint density at radius 1 is 1.19 bits per heavy atom. The van der Waals surface area contributed by atoms with Crippen LogP contribution in [0.25, 0.3) is 17.1 Å². The van der Waals surface area contributed by atoms with Crippen LogP contribution in [0.5, 0.6) is 5.75 Å². The number of halogens is 1. The van der Waals surface area contributed by atoms with Crippen molar-refractivity contribution in [3.05, 3.63) is 58.3 Å². The lowest BCUT2D eigenvalue weighted by molar-refractivity contribution is 0.415. The number of H-pyrrole nitrogens is 1. The third-order valence-corrected chi connectivity index (χ3v) is 3.67. The molecule has 1 aromatic heterocycles. The molecule has 3 rings (SSSR count). The Labute approximate surface area is 132 Å². The van der Waals surface area contributed by atoms with Gasteiger partial charge in [-0.15, -0.1) is 0 Å². The molecule has 0 saturated heterocycles. The Bertz CT molecular complexity index is 826. The van der Waals surface area contributed by atoms with E-state index >= 15 is 0 Å². The first-order valence-electron chi connectivity index (χ1n) is 6.27. The fourth-order valence-corrected chi connectivity index (χ4v) is 2.60. The molecule has 21 heavy (non-hydrogen) atoms. The Balaban J connectivity index is 2.17. The predicted octanol–water partition coefficient (Wildman–Crippen LogP) is 4.26. The number of ether oxygens (including phenoxy) is 1. The van der Waals surface area contributed by atoms with E-state index in [0.29, 0.717) is 15.5 Å². The third-order valence-electron chi connectivity index (χ3n) is 3.10. The molecule has 3 aromatic rings. The lowest BCUT2D eigenvalue weighted by Gasteiger charge is -2.09. The van der Waals surface area contributed by atoms with E-state index in [-0.39, 0.29) is 0 Å². The van der Waals surface area contributed by atoms with Crippen LogP contribution < -0.4 is 4.74 Å². The number of hydrogen-bond donors (Lipinski definition) is 1. The number of benzene rings is 2. The van der Waals surface area contributed by atoms with Crippen LogP contribution in [0.3, 0.4) is 0 Å². The lowest BCUT2D eigenvalue weighted by atomic mass is 10.2. The molecule has 1 heterocycles. The average molecular weight is 318 g/mol. The van der Waals surface area contributed by atoms with Crippen molar-refractivity contribution in [3.63, 3.8) is 0 Å². The molecule has 0 amide bonds. The summed E-state index contributed by atoms with van der Waals surface area (Å²) in [4.78, 5) is 0. The highest BCUT2D eigenvalue weighted by molar-refractivity contribution is 7.71. The number of aromatic nitrogens is 3. The van der Waals surface area contributed by atoms with Crippen LogP contribution in [-0.4, -0.2) is 21.9 Å². The summed E-state index contributed by atoms with van der Waals surface area (Å²) in [5.41, 5.74) is 1.80.